The number of fused-ring (bicyclic) bond motifs is 1. The number of carbonyl (C=O) groups is 2. The molecular weight excluding hydrogens is 254 g/mol. The minimum atomic E-state index is 0.00506. The van der Waals surface area contributed by atoms with Gasteiger partial charge in [-0.3, -0.25) is 9.59 Å². The second-order valence-corrected chi connectivity index (χ2v) is 5.55. The molecule has 1 aromatic carbocycles. The van der Waals surface area contributed by atoms with Gasteiger partial charge >= 0.3 is 0 Å². The van der Waals surface area contributed by atoms with Gasteiger partial charge in [0.2, 0.25) is 0 Å². The number of ketones is 1. The van der Waals surface area contributed by atoms with Crippen LogP contribution in [0, 0.1) is 5.92 Å². The van der Waals surface area contributed by atoms with Crippen molar-refractivity contribution in [2.24, 2.45) is 5.92 Å². The van der Waals surface area contributed by atoms with Crippen molar-refractivity contribution in [1.29, 1.82) is 0 Å². The van der Waals surface area contributed by atoms with Gasteiger partial charge in [0.25, 0.3) is 5.91 Å². The van der Waals surface area contributed by atoms with E-state index in [-0.39, 0.29) is 11.8 Å². The van der Waals surface area contributed by atoms with Crippen LogP contribution in [0.2, 0.25) is 0 Å². The fourth-order valence-electron chi connectivity index (χ4n) is 2.94. The summed E-state index contributed by atoms with van der Waals surface area (Å²) in [5.41, 5.74) is 2.98. The molecule has 3 rings (SSSR count). The third kappa shape index (κ3) is 2.36. The van der Waals surface area contributed by atoms with Crippen molar-refractivity contribution in [3.63, 3.8) is 0 Å². The molecule has 0 saturated carbocycles. The number of likely N-dealkylation sites (tertiary alicyclic amines) is 1. The molecule has 0 bridgehead atoms. The average Bonchev–Trinajstić information content (AvgIpc) is 2.94. The fourth-order valence-corrected chi connectivity index (χ4v) is 2.94. The Morgan fingerprint density at radius 2 is 2.15 bits per heavy atom. The number of benzene rings is 1. The lowest BCUT2D eigenvalue weighted by Gasteiger charge is -2.31. The van der Waals surface area contributed by atoms with Gasteiger partial charge in [-0.15, -0.1) is 0 Å². The number of rotatable bonds is 2. The largest absolute Gasteiger partial charge is 0.372 e. The maximum atomic E-state index is 12.5. The average molecular weight is 273 g/mol. The van der Waals surface area contributed by atoms with Crippen LogP contribution in [0.15, 0.2) is 18.2 Å². The van der Waals surface area contributed by atoms with E-state index < -0.39 is 0 Å². The van der Waals surface area contributed by atoms with Crippen LogP contribution >= 0.6 is 0 Å². The Hall–Kier alpha value is -1.68. The molecule has 1 aromatic rings. The Morgan fingerprint density at radius 1 is 1.35 bits per heavy atom. The molecule has 4 nitrogen and oxygen atoms in total. The number of amides is 1. The van der Waals surface area contributed by atoms with E-state index in [9.17, 15) is 9.59 Å². The van der Waals surface area contributed by atoms with Gasteiger partial charge in [-0.05, 0) is 29.7 Å². The maximum absolute atomic E-state index is 12.5. The van der Waals surface area contributed by atoms with E-state index in [1.165, 1.54) is 5.56 Å². The molecular formula is C16H19NO3. The summed E-state index contributed by atoms with van der Waals surface area (Å²) < 4.78 is 5.37. The molecule has 1 saturated heterocycles. The van der Waals surface area contributed by atoms with Crippen LogP contribution in [0.5, 0.6) is 0 Å². The van der Waals surface area contributed by atoms with Gasteiger partial charge in [0.15, 0.2) is 0 Å². The lowest BCUT2D eigenvalue weighted by molar-refractivity contribution is -0.125. The van der Waals surface area contributed by atoms with E-state index in [1.54, 1.807) is 0 Å². The van der Waals surface area contributed by atoms with Crippen LogP contribution in [-0.4, -0.2) is 29.7 Å². The zero-order valence-electron chi connectivity index (χ0n) is 11.7. The first kappa shape index (κ1) is 13.3. The van der Waals surface area contributed by atoms with Crippen LogP contribution in [0.1, 0.15) is 41.3 Å². The molecule has 0 radical (unpaired) electrons. The first-order valence-corrected chi connectivity index (χ1v) is 7.20. The summed E-state index contributed by atoms with van der Waals surface area (Å²) in [5.74, 6) is 0.329. The van der Waals surface area contributed by atoms with Gasteiger partial charge in [-0.2, -0.15) is 0 Å². The second kappa shape index (κ2) is 5.37. The number of ether oxygens (including phenoxy) is 1. The number of hydrogen-bond acceptors (Lipinski definition) is 3. The number of nitrogens with zero attached hydrogens (tertiary/aromatic N) is 1. The first-order chi connectivity index (χ1) is 9.69. The third-order valence-corrected chi connectivity index (χ3v) is 4.27. The topological polar surface area (TPSA) is 46.6 Å². The number of Topliss-reactive ketones (excluding diaryl/α,β-unsaturated/α-hetero) is 1. The predicted octanol–water partition coefficient (Wildman–Crippen LogP) is 2.16. The van der Waals surface area contributed by atoms with E-state index >= 15 is 0 Å². The summed E-state index contributed by atoms with van der Waals surface area (Å²) in [4.78, 5) is 26.1. The third-order valence-electron chi connectivity index (χ3n) is 4.27. The van der Waals surface area contributed by atoms with Crippen molar-refractivity contribution in [2.75, 3.05) is 13.1 Å². The minimum absolute atomic E-state index is 0.00506. The normalized spacial score (nSPS) is 21.9. The molecule has 1 fully saturated rings. The number of hydrogen-bond donors (Lipinski definition) is 0. The SMILES string of the molecule is CCC1CN(C(=O)c2ccc3c(c2)COC3)CCC1=O. The van der Waals surface area contributed by atoms with Crippen LogP contribution < -0.4 is 0 Å². The standard InChI is InChI=1S/C16H19NO3/c1-2-11-8-17(6-5-15(11)18)16(19)12-3-4-13-9-20-10-14(13)7-12/h3-4,7,11H,2,5-6,8-10H2,1H3. The molecule has 0 spiro atoms. The van der Waals surface area contributed by atoms with Crippen molar-refractivity contribution in [1.82, 2.24) is 4.90 Å². The quantitative estimate of drug-likeness (QED) is 0.829. The lowest BCUT2D eigenvalue weighted by Crippen LogP contribution is -2.43. The fraction of sp³-hybridized carbons (Fsp3) is 0.500. The molecule has 1 amide bonds. The van der Waals surface area contributed by atoms with Crippen molar-refractivity contribution in [2.45, 2.75) is 33.0 Å². The Labute approximate surface area is 118 Å². The second-order valence-electron chi connectivity index (χ2n) is 5.55. The Balaban J connectivity index is 1.77. The Kier molecular flexibility index (Phi) is 3.57. The Bertz CT molecular complexity index is 553. The summed E-state index contributed by atoms with van der Waals surface area (Å²) >= 11 is 0. The molecule has 1 unspecified atom stereocenters. The maximum Gasteiger partial charge on any atom is 0.253 e. The highest BCUT2D eigenvalue weighted by atomic mass is 16.5. The molecule has 2 aliphatic heterocycles. The summed E-state index contributed by atoms with van der Waals surface area (Å²) in [7, 11) is 0. The molecule has 0 aromatic heterocycles. The van der Waals surface area contributed by atoms with Crippen LogP contribution in [0.4, 0.5) is 0 Å². The van der Waals surface area contributed by atoms with Gasteiger partial charge in [-0.1, -0.05) is 13.0 Å². The zero-order chi connectivity index (χ0) is 14.1. The first-order valence-electron chi connectivity index (χ1n) is 7.20. The zero-order valence-corrected chi connectivity index (χ0v) is 11.7. The van der Waals surface area contributed by atoms with Gasteiger partial charge in [0, 0.05) is 31.0 Å². The Morgan fingerprint density at radius 3 is 2.95 bits per heavy atom. The van der Waals surface area contributed by atoms with Crippen molar-refractivity contribution >= 4 is 11.7 Å². The van der Waals surface area contributed by atoms with E-state index in [2.05, 4.69) is 0 Å². The van der Waals surface area contributed by atoms with Gasteiger partial charge in [0.05, 0.1) is 13.2 Å². The van der Waals surface area contributed by atoms with E-state index in [4.69, 9.17) is 4.74 Å². The minimum Gasteiger partial charge on any atom is -0.372 e. The van der Waals surface area contributed by atoms with Gasteiger partial charge in [0.1, 0.15) is 5.78 Å². The molecule has 2 heterocycles. The van der Waals surface area contributed by atoms with Crippen molar-refractivity contribution in [3.05, 3.63) is 34.9 Å². The number of carbonyl (C=O) groups excluding carboxylic acids is 2. The molecule has 20 heavy (non-hydrogen) atoms. The van der Waals surface area contributed by atoms with Crippen molar-refractivity contribution in [3.8, 4) is 0 Å². The summed E-state index contributed by atoms with van der Waals surface area (Å²) in [6.45, 7) is 4.33. The van der Waals surface area contributed by atoms with Crippen LogP contribution in [-0.2, 0) is 22.7 Å². The smallest absolute Gasteiger partial charge is 0.253 e. The van der Waals surface area contributed by atoms with Gasteiger partial charge in [-0.25, -0.2) is 0 Å². The number of piperidine rings is 1. The highest BCUT2D eigenvalue weighted by Crippen LogP contribution is 2.23. The molecule has 106 valence electrons. The molecule has 0 N–H and O–H groups in total. The van der Waals surface area contributed by atoms with Crippen LogP contribution in [0.25, 0.3) is 0 Å². The van der Waals surface area contributed by atoms with E-state index in [1.807, 2.05) is 30.0 Å². The van der Waals surface area contributed by atoms with Gasteiger partial charge < -0.3 is 9.64 Å². The molecule has 1 atom stereocenters. The monoisotopic (exact) mass is 273 g/mol. The summed E-state index contributed by atoms with van der Waals surface area (Å²) in [5, 5.41) is 0. The van der Waals surface area contributed by atoms with E-state index in [0.717, 1.165) is 12.0 Å². The summed E-state index contributed by atoms with van der Waals surface area (Å²) in [6, 6.07) is 5.78. The highest BCUT2D eigenvalue weighted by molar-refractivity contribution is 5.96. The van der Waals surface area contributed by atoms with Crippen LogP contribution in [0.3, 0.4) is 0 Å². The molecule has 4 heteroatoms. The molecule has 2 aliphatic rings. The predicted molar refractivity (Wildman–Crippen MR) is 74.2 cm³/mol. The lowest BCUT2D eigenvalue weighted by atomic mass is 9.93. The summed E-state index contributed by atoms with van der Waals surface area (Å²) in [6.07, 6.45) is 1.29. The highest BCUT2D eigenvalue weighted by Gasteiger charge is 2.29. The van der Waals surface area contributed by atoms with Crippen molar-refractivity contribution < 1.29 is 14.3 Å². The van der Waals surface area contributed by atoms with E-state index in [0.29, 0.717) is 44.1 Å². The molecule has 0 aliphatic carbocycles.